The summed E-state index contributed by atoms with van der Waals surface area (Å²) in [4.78, 5) is 4.88. The average molecular weight is 286 g/mol. The van der Waals surface area contributed by atoms with Crippen molar-refractivity contribution in [3.8, 4) is 0 Å². The Morgan fingerprint density at radius 2 is 1.24 bits per heavy atom. The van der Waals surface area contributed by atoms with E-state index >= 15 is 0 Å². The second-order valence-electron chi connectivity index (χ2n) is 3.58. The molecule has 88 valence electrons. The number of nitrogens with one attached hydrogen (secondary N) is 1. The van der Waals surface area contributed by atoms with Crippen molar-refractivity contribution in [3.63, 3.8) is 0 Å². The lowest BCUT2D eigenvalue weighted by Gasteiger charge is -2.17. The minimum absolute atomic E-state index is 0.687. The van der Waals surface area contributed by atoms with Gasteiger partial charge in [-0.15, -0.1) is 4.89 Å². The lowest BCUT2D eigenvalue weighted by atomic mass is 10.4. The van der Waals surface area contributed by atoms with Crippen LogP contribution >= 0.6 is 33.7 Å². The van der Waals surface area contributed by atoms with Crippen LogP contribution in [0.5, 0.6) is 0 Å². The molecule has 2 aromatic carbocycles. The second kappa shape index (κ2) is 4.19. The van der Waals surface area contributed by atoms with Gasteiger partial charge in [0.1, 0.15) is 0 Å². The Balaban J connectivity index is 2.15. The van der Waals surface area contributed by atoms with Crippen LogP contribution in [0.2, 0.25) is 10.0 Å². The molecule has 3 rings (SSSR count). The van der Waals surface area contributed by atoms with E-state index in [1.54, 1.807) is 0 Å². The number of halogens is 2. The summed E-state index contributed by atoms with van der Waals surface area (Å²) in [7, 11) is -1.66. The van der Waals surface area contributed by atoms with Crippen LogP contribution in [0, 0.1) is 0 Å². The number of benzene rings is 2. The summed E-state index contributed by atoms with van der Waals surface area (Å²) in [5.74, 6) is 0. The monoisotopic (exact) mass is 285 g/mol. The fourth-order valence-corrected chi connectivity index (χ4v) is 4.71. The van der Waals surface area contributed by atoms with Crippen molar-refractivity contribution >= 4 is 33.7 Å². The van der Waals surface area contributed by atoms with Gasteiger partial charge in [-0.2, -0.15) is 0 Å². The highest BCUT2D eigenvalue weighted by Gasteiger charge is 2.45. The van der Waals surface area contributed by atoms with Crippen molar-refractivity contribution in [3.05, 3.63) is 58.6 Å². The van der Waals surface area contributed by atoms with Gasteiger partial charge in [-0.25, -0.2) is 4.28 Å². The predicted molar refractivity (Wildman–Crippen MR) is 71.2 cm³/mol. The molecule has 1 saturated heterocycles. The smallest absolute Gasteiger partial charge is 0.0564 e. The summed E-state index contributed by atoms with van der Waals surface area (Å²) in [5, 5.41) is 1.37. The summed E-state index contributed by atoms with van der Waals surface area (Å²) in [6.45, 7) is 0. The maximum atomic E-state index is 6.21. The van der Waals surface area contributed by atoms with E-state index in [9.17, 15) is 0 Å². The predicted octanol–water partition coefficient (Wildman–Crippen LogP) is 4.58. The van der Waals surface area contributed by atoms with Crippen molar-refractivity contribution in [1.29, 1.82) is 0 Å². The van der Waals surface area contributed by atoms with Crippen LogP contribution in [0.3, 0.4) is 0 Å². The third kappa shape index (κ3) is 1.84. The Bertz CT molecular complexity index is 524. The molecular formula is C12H9Cl2NOS. The van der Waals surface area contributed by atoms with E-state index in [4.69, 9.17) is 27.5 Å². The summed E-state index contributed by atoms with van der Waals surface area (Å²) in [5.41, 5.74) is 0. The molecule has 0 radical (unpaired) electrons. The molecule has 1 aliphatic heterocycles. The lowest BCUT2D eigenvalue weighted by Crippen LogP contribution is -1.91. The molecule has 0 saturated carbocycles. The first-order valence-corrected chi connectivity index (χ1v) is 7.33. The zero-order valence-corrected chi connectivity index (χ0v) is 11.0. The Hall–Kier alpha value is -0.710. The zero-order chi connectivity index (χ0) is 11.9. The first-order chi connectivity index (χ1) is 8.24. The Kier molecular flexibility index (Phi) is 2.81. The van der Waals surface area contributed by atoms with Gasteiger partial charge >= 0.3 is 0 Å². The minimum Gasteiger partial charge on any atom is -0.217 e. The van der Waals surface area contributed by atoms with Crippen LogP contribution in [-0.4, -0.2) is 0 Å². The first-order valence-electron chi connectivity index (χ1n) is 5.02. The molecule has 0 aromatic heterocycles. The van der Waals surface area contributed by atoms with E-state index in [2.05, 4.69) is 4.89 Å². The molecule has 0 unspecified atom stereocenters. The van der Waals surface area contributed by atoms with E-state index in [0.717, 1.165) is 9.79 Å². The molecule has 0 spiro atoms. The van der Waals surface area contributed by atoms with Gasteiger partial charge in [0.2, 0.25) is 0 Å². The Morgan fingerprint density at radius 3 is 1.59 bits per heavy atom. The van der Waals surface area contributed by atoms with Crippen LogP contribution in [0.15, 0.2) is 58.3 Å². The zero-order valence-electron chi connectivity index (χ0n) is 8.69. The SMILES string of the molecule is Clc1ccccc1S1(c2ccccc2Cl)NO1. The van der Waals surface area contributed by atoms with Crippen LogP contribution in [0.1, 0.15) is 0 Å². The first kappa shape index (κ1) is 11.4. The van der Waals surface area contributed by atoms with Gasteiger partial charge in [0, 0.05) is 10.5 Å². The van der Waals surface area contributed by atoms with Crippen LogP contribution in [-0.2, 0) is 4.28 Å². The molecule has 1 N–H and O–H groups in total. The highest BCUT2D eigenvalue weighted by Crippen LogP contribution is 2.72. The largest absolute Gasteiger partial charge is 0.217 e. The number of rotatable bonds is 2. The standard InChI is InChI=1S/C12H9Cl2NOS/c13-9-5-1-3-7-11(9)17(15-16-17)12-8-4-2-6-10(12)14/h1-8,15H. The highest BCUT2D eigenvalue weighted by atomic mass is 35.5. The van der Waals surface area contributed by atoms with E-state index < -0.39 is 10.5 Å². The third-order valence-electron chi connectivity index (χ3n) is 2.54. The molecule has 0 atom stereocenters. The molecular weight excluding hydrogens is 277 g/mol. The van der Waals surface area contributed by atoms with Gasteiger partial charge in [-0.1, -0.05) is 47.5 Å². The molecule has 1 fully saturated rings. The molecule has 17 heavy (non-hydrogen) atoms. The van der Waals surface area contributed by atoms with Gasteiger partial charge in [0.15, 0.2) is 0 Å². The summed E-state index contributed by atoms with van der Waals surface area (Å²) in [6.07, 6.45) is 0. The summed E-state index contributed by atoms with van der Waals surface area (Å²) >= 11 is 12.4. The normalized spacial score (nSPS) is 18.7. The Labute approximate surface area is 111 Å². The van der Waals surface area contributed by atoms with Gasteiger partial charge in [0.25, 0.3) is 0 Å². The lowest BCUT2D eigenvalue weighted by molar-refractivity contribution is 0.467. The second-order valence-corrected chi connectivity index (χ2v) is 6.72. The van der Waals surface area contributed by atoms with Crippen molar-refractivity contribution in [2.24, 2.45) is 0 Å². The maximum Gasteiger partial charge on any atom is 0.0564 e. The van der Waals surface area contributed by atoms with Crippen molar-refractivity contribution in [2.75, 3.05) is 0 Å². The molecule has 2 nitrogen and oxygen atoms in total. The van der Waals surface area contributed by atoms with Crippen molar-refractivity contribution in [1.82, 2.24) is 4.89 Å². The summed E-state index contributed by atoms with van der Waals surface area (Å²) < 4.78 is 5.49. The van der Waals surface area contributed by atoms with Gasteiger partial charge in [-0.3, -0.25) is 0 Å². The molecule has 0 aliphatic carbocycles. The van der Waals surface area contributed by atoms with Gasteiger partial charge in [-0.05, 0) is 24.3 Å². The van der Waals surface area contributed by atoms with E-state index in [1.807, 2.05) is 48.5 Å². The third-order valence-corrected chi connectivity index (χ3v) is 5.88. The molecule has 0 bridgehead atoms. The van der Waals surface area contributed by atoms with E-state index in [0.29, 0.717) is 10.0 Å². The number of hydrogen-bond acceptors (Lipinski definition) is 2. The fraction of sp³-hybridized carbons (Fsp3) is 0. The molecule has 1 heterocycles. The van der Waals surface area contributed by atoms with E-state index in [1.165, 1.54) is 0 Å². The minimum atomic E-state index is -1.66. The molecule has 0 amide bonds. The quantitative estimate of drug-likeness (QED) is 0.820. The van der Waals surface area contributed by atoms with Crippen molar-refractivity contribution in [2.45, 2.75) is 9.79 Å². The van der Waals surface area contributed by atoms with Gasteiger partial charge in [0.05, 0.1) is 19.8 Å². The number of hydrogen-bond donors (Lipinski definition) is 1. The maximum absolute atomic E-state index is 6.21. The summed E-state index contributed by atoms with van der Waals surface area (Å²) in [6, 6.07) is 15.3. The average Bonchev–Trinajstić information content (AvgIpc) is 3.11. The van der Waals surface area contributed by atoms with Crippen LogP contribution in [0.25, 0.3) is 0 Å². The fourth-order valence-electron chi connectivity index (χ4n) is 1.69. The highest BCUT2D eigenvalue weighted by molar-refractivity contribution is 8.32. The van der Waals surface area contributed by atoms with E-state index in [-0.39, 0.29) is 0 Å². The Morgan fingerprint density at radius 1 is 0.824 bits per heavy atom. The molecule has 5 heteroatoms. The van der Waals surface area contributed by atoms with Crippen molar-refractivity contribution < 1.29 is 4.28 Å². The topological polar surface area (TPSA) is 34.5 Å². The molecule has 1 aliphatic rings. The molecule has 2 aromatic rings. The van der Waals surface area contributed by atoms with Crippen LogP contribution < -0.4 is 4.89 Å². The van der Waals surface area contributed by atoms with Crippen LogP contribution in [0.4, 0.5) is 0 Å². The van der Waals surface area contributed by atoms with Gasteiger partial charge < -0.3 is 0 Å².